The molecule has 0 aliphatic rings. The standard InChI is InChI=1S/C22H15Cl3N2O3/c1-12-6-7-13(22-27-18-10-14(23)9-16(25)21(18)30-22)8-17(12)26-20(28)11-29-19-5-3-2-4-15(19)24/h2-10H,11H2,1H3,(H,26,28). The van der Waals surface area contributed by atoms with Gasteiger partial charge in [-0.25, -0.2) is 4.98 Å². The van der Waals surface area contributed by atoms with Crippen molar-refractivity contribution in [1.82, 2.24) is 4.98 Å². The molecule has 1 amide bonds. The molecule has 4 aromatic rings. The van der Waals surface area contributed by atoms with Gasteiger partial charge in [0.2, 0.25) is 5.89 Å². The summed E-state index contributed by atoms with van der Waals surface area (Å²) in [5.41, 5.74) is 3.19. The Morgan fingerprint density at radius 2 is 1.87 bits per heavy atom. The first-order chi connectivity index (χ1) is 14.4. The number of hydrogen-bond donors (Lipinski definition) is 1. The number of fused-ring (bicyclic) bond motifs is 1. The summed E-state index contributed by atoms with van der Waals surface area (Å²) in [7, 11) is 0. The number of aryl methyl sites for hydroxylation is 1. The lowest BCUT2D eigenvalue weighted by atomic mass is 10.1. The smallest absolute Gasteiger partial charge is 0.262 e. The van der Waals surface area contributed by atoms with Crippen molar-refractivity contribution in [1.29, 1.82) is 0 Å². The summed E-state index contributed by atoms with van der Waals surface area (Å²) in [4.78, 5) is 16.8. The molecule has 0 aliphatic heterocycles. The Morgan fingerprint density at radius 3 is 2.67 bits per heavy atom. The molecule has 5 nitrogen and oxygen atoms in total. The van der Waals surface area contributed by atoms with Gasteiger partial charge in [-0.2, -0.15) is 0 Å². The van der Waals surface area contributed by atoms with E-state index in [-0.39, 0.29) is 12.5 Å². The molecule has 0 radical (unpaired) electrons. The molecule has 1 heterocycles. The lowest BCUT2D eigenvalue weighted by molar-refractivity contribution is -0.118. The fourth-order valence-corrected chi connectivity index (χ4v) is 3.58. The van der Waals surface area contributed by atoms with Crippen molar-refractivity contribution >= 4 is 57.5 Å². The SMILES string of the molecule is Cc1ccc(-c2nc3cc(Cl)cc(Cl)c3o2)cc1NC(=O)COc1ccccc1Cl. The fraction of sp³-hybridized carbons (Fsp3) is 0.0909. The maximum atomic E-state index is 12.4. The molecule has 1 N–H and O–H groups in total. The third kappa shape index (κ3) is 4.38. The van der Waals surface area contributed by atoms with Crippen LogP contribution in [-0.2, 0) is 4.79 Å². The van der Waals surface area contributed by atoms with Crippen molar-refractivity contribution in [2.45, 2.75) is 6.92 Å². The monoisotopic (exact) mass is 460 g/mol. The van der Waals surface area contributed by atoms with Gasteiger partial charge in [-0.15, -0.1) is 0 Å². The number of amides is 1. The zero-order valence-corrected chi connectivity index (χ0v) is 18.0. The number of nitrogens with zero attached hydrogens (tertiary/aromatic N) is 1. The van der Waals surface area contributed by atoms with Gasteiger partial charge in [0, 0.05) is 16.3 Å². The van der Waals surface area contributed by atoms with Gasteiger partial charge in [0.05, 0.1) is 10.0 Å². The molecule has 0 bridgehead atoms. The number of hydrogen-bond acceptors (Lipinski definition) is 4. The van der Waals surface area contributed by atoms with E-state index >= 15 is 0 Å². The Hall–Kier alpha value is -2.73. The van der Waals surface area contributed by atoms with Gasteiger partial charge < -0.3 is 14.5 Å². The molecule has 0 fully saturated rings. The zero-order valence-electron chi connectivity index (χ0n) is 15.7. The second kappa shape index (κ2) is 8.56. The van der Waals surface area contributed by atoms with Crippen LogP contribution in [0.4, 0.5) is 5.69 Å². The van der Waals surface area contributed by atoms with Gasteiger partial charge in [0.15, 0.2) is 12.2 Å². The van der Waals surface area contributed by atoms with Gasteiger partial charge in [-0.05, 0) is 48.9 Å². The predicted octanol–water partition coefficient (Wildman–Crippen LogP) is 6.78. The highest BCUT2D eigenvalue weighted by molar-refractivity contribution is 6.38. The van der Waals surface area contributed by atoms with Crippen LogP contribution in [0, 0.1) is 6.92 Å². The van der Waals surface area contributed by atoms with Crippen molar-refractivity contribution in [3.05, 3.63) is 75.2 Å². The van der Waals surface area contributed by atoms with E-state index in [2.05, 4.69) is 10.3 Å². The lowest BCUT2D eigenvalue weighted by Crippen LogP contribution is -2.20. The quantitative estimate of drug-likeness (QED) is 0.356. The van der Waals surface area contributed by atoms with Crippen LogP contribution in [-0.4, -0.2) is 17.5 Å². The molecule has 0 saturated carbocycles. The van der Waals surface area contributed by atoms with Crippen LogP contribution in [0.3, 0.4) is 0 Å². The number of benzene rings is 3. The molecular weight excluding hydrogens is 447 g/mol. The highest BCUT2D eigenvalue weighted by atomic mass is 35.5. The summed E-state index contributed by atoms with van der Waals surface area (Å²) in [6.07, 6.45) is 0. The Balaban J connectivity index is 1.54. The van der Waals surface area contributed by atoms with E-state index in [1.165, 1.54) is 0 Å². The number of rotatable bonds is 5. The second-order valence-electron chi connectivity index (χ2n) is 6.55. The summed E-state index contributed by atoms with van der Waals surface area (Å²) in [5.74, 6) is 0.501. The van der Waals surface area contributed by atoms with Crippen LogP contribution < -0.4 is 10.1 Å². The fourth-order valence-electron chi connectivity index (χ4n) is 2.86. The summed E-state index contributed by atoms with van der Waals surface area (Å²) in [6.45, 7) is 1.71. The van der Waals surface area contributed by atoms with Crippen molar-refractivity contribution in [3.63, 3.8) is 0 Å². The maximum Gasteiger partial charge on any atom is 0.262 e. The van der Waals surface area contributed by atoms with Gasteiger partial charge in [-0.1, -0.05) is 53.0 Å². The third-order valence-electron chi connectivity index (χ3n) is 4.36. The molecule has 0 spiro atoms. The summed E-state index contributed by atoms with van der Waals surface area (Å²) in [6, 6.07) is 15.7. The van der Waals surface area contributed by atoms with E-state index in [0.717, 1.165) is 5.56 Å². The number of oxazole rings is 1. The van der Waals surface area contributed by atoms with Gasteiger partial charge in [0.1, 0.15) is 11.3 Å². The molecule has 4 rings (SSSR count). The van der Waals surface area contributed by atoms with E-state index in [9.17, 15) is 4.79 Å². The minimum Gasteiger partial charge on any atom is -0.482 e. The molecule has 1 aromatic heterocycles. The van der Waals surface area contributed by atoms with Crippen molar-refractivity contribution in [3.8, 4) is 17.2 Å². The number of nitrogens with one attached hydrogen (secondary N) is 1. The van der Waals surface area contributed by atoms with Crippen LogP contribution >= 0.6 is 34.8 Å². The largest absolute Gasteiger partial charge is 0.482 e. The van der Waals surface area contributed by atoms with Crippen LogP contribution in [0.2, 0.25) is 15.1 Å². The Bertz CT molecular complexity index is 1250. The van der Waals surface area contributed by atoms with Gasteiger partial charge in [0.25, 0.3) is 5.91 Å². The van der Waals surface area contributed by atoms with Crippen molar-refractivity contribution in [2.24, 2.45) is 0 Å². The van der Waals surface area contributed by atoms with Gasteiger partial charge in [-0.3, -0.25) is 4.79 Å². The number of ether oxygens (including phenoxy) is 1. The maximum absolute atomic E-state index is 12.4. The van der Waals surface area contributed by atoms with Crippen LogP contribution in [0.25, 0.3) is 22.6 Å². The van der Waals surface area contributed by atoms with E-state index in [1.54, 1.807) is 42.5 Å². The molecule has 0 atom stereocenters. The number of para-hydroxylation sites is 1. The molecule has 152 valence electrons. The number of anilines is 1. The highest BCUT2D eigenvalue weighted by Crippen LogP contribution is 2.33. The molecule has 3 aromatic carbocycles. The summed E-state index contributed by atoms with van der Waals surface area (Å²) >= 11 is 18.3. The topological polar surface area (TPSA) is 64.4 Å². The Kier molecular flexibility index (Phi) is 5.86. The van der Waals surface area contributed by atoms with Crippen LogP contribution in [0.15, 0.2) is 59.0 Å². The van der Waals surface area contributed by atoms with Gasteiger partial charge >= 0.3 is 0 Å². The number of carbonyl (C=O) groups excluding carboxylic acids is 1. The second-order valence-corrected chi connectivity index (χ2v) is 7.80. The van der Waals surface area contributed by atoms with Crippen LogP contribution in [0.1, 0.15) is 5.56 Å². The molecule has 30 heavy (non-hydrogen) atoms. The zero-order chi connectivity index (χ0) is 21.3. The lowest BCUT2D eigenvalue weighted by Gasteiger charge is -2.11. The average Bonchev–Trinajstić information content (AvgIpc) is 3.13. The van der Waals surface area contributed by atoms with E-state index in [1.807, 2.05) is 19.1 Å². The minimum atomic E-state index is -0.317. The van der Waals surface area contributed by atoms with Crippen molar-refractivity contribution in [2.75, 3.05) is 11.9 Å². The normalized spacial score (nSPS) is 10.9. The molecule has 8 heteroatoms. The van der Waals surface area contributed by atoms with Crippen LogP contribution in [0.5, 0.6) is 5.75 Å². The third-order valence-corrected chi connectivity index (χ3v) is 5.17. The molecular formula is C22H15Cl3N2O3. The molecule has 0 unspecified atom stereocenters. The predicted molar refractivity (Wildman–Crippen MR) is 120 cm³/mol. The molecule has 0 saturated heterocycles. The summed E-state index contributed by atoms with van der Waals surface area (Å²) < 4.78 is 11.3. The Labute approximate surface area is 187 Å². The van der Waals surface area contributed by atoms with E-state index in [4.69, 9.17) is 44.0 Å². The van der Waals surface area contributed by atoms with E-state index < -0.39 is 0 Å². The highest BCUT2D eigenvalue weighted by Gasteiger charge is 2.14. The van der Waals surface area contributed by atoms with Crippen molar-refractivity contribution < 1.29 is 13.9 Å². The van der Waals surface area contributed by atoms with E-state index in [0.29, 0.717) is 49.1 Å². The summed E-state index contributed by atoms with van der Waals surface area (Å²) in [5, 5.41) is 4.14. The molecule has 0 aliphatic carbocycles. The first-order valence-corrected chi connectivity index (χ1v) is 10.1. The first kappa shape index (κ1) is 20.5. The number of carbonyl (C=O) groups is 1. The Morgan fingerprint density at radius 1 is 1.07 bits per heavy atom. The first-order valence-electron chi connectivity index (χ1n) is 8.94. The minimum absolute atomic E-state index is 0.176. The number of halogens is 3. The average molecular weight is 462 g/mol. The number of aromatic nitrogens is 1.